The molecule has 2 N–H and O–H groups in total. The van der Waals surface area contributed by atoms with Gasteiger partial charge in [-0.3, -0.25) is 4.79 Å². The van der Waals surface area contributed by atoms with Gasteiger partial charge in [0.05, 0.1) is 10.5 Å². The van der Waals surface area contributed by atoms with Crippen LogP contribution in [-0.2, 0) is 26.7 Å². The number of aromatic nitrogens is 1. The first-order chi connectivity index (χ1) is 17.3. The first kappa shape index (κ1) is 30.4. The minimum absolute atomic E-state index is 0.0280. The Labute approximate surface area is 229 Å². The minimum Gasteiger partial charge on any atom is -0.381 e. The third-order valence-corrected chi connectivity index (χ3v) is 8.43. The summed E-state index contributed by atoms with van der Waals surface area (Å²) >= 11 is 0. The number of nitrogens with one attached hydrogen (secondary N) is 2. The molecular weight excluding hydrogens is 498 g/mol. The molecule has 212 valence electrons. The van der Waals surface area contributed by atoms with Crippen LogP contribution >= 0.6 is 0 Å². The number of hydrogen-bond donors (Lipinski definition) is 2. The van der Waals surface area contributed by atoms with Crippen molar-refractivity contribution in [2.75, 3.05) is 13.2 Å². The second-order valence-electron chi connectivity index (χ2n) is 13.9. The molecule has 1 fully saturated rings. The Balaban J connectivity index is 2.14. The van der Waals surface area contributed by atoms with E-state index in [1.54, 1.807) is 6.07 Å². The highest BCUT2D eigenvalue weighted by molar-refractivity contribution is 7.89. The SMILES string of the molecule is Cc1c(C(=O)NC2CCOCC2)cc(-c2ccc(S(=O)(=O)NC(C)(C)C)c(C(C)(C)C)c2)n1CC(C)(C)C. The Bertz CT molecular complexity index is 1270. The molecule has 7 nitrogen and oxygen atoms in total. The second-order valence-corrected chi connectivity index (χ2v) is 15.5. The highest BCUT2D eigenvalue weighted by Crippen LogP contribution is 2.36. The summed E-state index contributed by atoms with van der Waals surface area (Å²) in [5, 5.41) is 3.20. The van der Waals surface area contributed by atoms with Gasteiger partial charge in [-0.15, -0.1) is 0 Å². The van der Waals surface area contributed by atoms with Crippen molar-refractivity contribution in [2.45, 2.75) is 111 Å². The molecule has 0 aliphatic carbocycles. The predicted octanol–water partition coefficient (Wildman–Crippen LogP) is 5.79. The van der Waals surface area contributed by atoms with Gasteiger partial charge in [-0.1, -0.05) is 47.6 Å². The van der Waals surface area contributed by atoms with E-state index in [9.17, 15) is 13.2 Å². The molecule has 1 amide bonds. The van der Waals surface area contributed by atoms with Crippen molar-refractivity contribution < 1.29 is 17.9 Å². The van der Waals surface area contributed by atoms with Crippen LogP contribution < -0.4 is 10.0 Å². The van der Waals surface area contributed by atoms with Crippen molar-refractivity contribution in [3.8, 4) is 11.3 Å². The minimum atomic E-state index is -3.73. The lowest BCUT2D eigenvalue weighted by molar-refractivity contribution is 0.0696. The zero-order valence-electron chi connectivity index (χ0n) is 24.9. The fourth-order valence-electron chi connectivity index (χ4n) is 4.87. The smallest absolute Gasteiger partial charge is 0.253 e. The highest BCUT2D eigenvalue weighted by atomic mass is 32.2. The predicted molar refractivity (Wildman–Crippen MR) is 154 cm³/mol. The number of nitrogens with zero attached hydrogens (tertiary/aromatic N) is 1. The standard InChI is InChI=1S/C30H47N3O4S/c1-20-23(27(34)31-22-13-15-37-16-14-22)18-25(33(20)19-28(2,3)4)21-11-12-26(24(17-21)29(5,6)7)38(35,36)32-30(8,9)10/h11-12,17-18,22,32H,13-16,19H2,1-10H3,(H,31,34). The molecule has 3 rings (SSSR count). The number of carbonyl (C=O) groups is 1. The lowest BCUT2D eigenvalue weighted by atomic mass is 9.85. The molecule has 8 heteroatoms. The molecule has 0 bridgehead atoms. The molecule has 1 aliphatic rings. The van der Waals surface area contributed by atoms with Gasteiger partial charge >= 0.3 is 0 Å². The number of rotatable bonds is 6. The number of ether oxygens (including phenoxy) is 1. The van der Waals surface area contributed by atoms with Crippen molar-refractivity contribution in [3.63, 3.8) is 0 Å². The second kappa shape index (κ2) is 10.8. The highest BCUT2D eigenvalue weighted by Gasteiger charge is 2.30. The molecule has 0 saturated carbocycles. The van der Waals surface area contributed by atoms with Gasteiger partial charge in [0.2, 0.25) is 10.0 Å². The van der Waals surface area contributed by atoms with Crippen molar-refractivity contribution in [1.82, 2.24) is 14.6 Å². The van der Waals surface area contributed by atoms with Gasteiger partial charge in [-0.05, 0) is 80.7 Å². The lowest BCUT2D eigenvalue weighted by Gasteiger charge is -2.27. The maximum absolute atomic E-state index is 13.4. The summed E-state index contributed by atoms with van der Waals surface area (Å²) < 4.78 is 37.2. The number of sulfonamides is 1. The van der Waals surface area contributed by atoms with Crippen molar-refractivity contribution in [3.05, 3.63) is 41.1 Å². The summed E-state index contributed by atoms with van der Waals surface area (Å²) in [6.45, 7) is 22.1. The normalized spacial score (nSPS) is 16.1. The Morgan fingerprint density at radius 3 is 2.13 bits per heavy atom. The van der Waals surface area contributed by atoms with Crippen LogP contribution in [0, 0.1) is 12.3 Å². The molecule has 1 aromatic heterocycles. The average Bonchev–Trinajstić information content (AvgIpc) is 3.06. The van der Waals surface area contributed by atoms with Crippen LogP contribution in [0.15, 0.2) is 29.2 Å². The lowest BCUT2D eigenvalue weighted by Crippen LogP contribution is -2.41. The number of amides is 1. The van der Waals surface area contributed by atoms with Gasteiger partial charge in [-0.2, -0.15) is 0 Å². The Kier molecular flexibility index (Phi) is 8.62. The third-order valence-electron chi connectivity index (χ3n) is 6.61. The van der Waals surface area contributed by atoms with Crippen LogP contribution in [0.2, 0.25) is 0 Å². The number of carbonyl (C=O) groups excluding carboxylic acids is 1. The van der Waals surface area contributed by atoms with Crippen molar-refractivity contribution in [2.24, 2.45) is 5.41 Å². The van der Waals surface area contributed by atoms with Crippen molar-refractivity contribution >= 4 is 15.9 Å². The Morgan fingerprint density at radius 2 is 1.61 bits per heavy atom. The van der Waals surface area contributed by atoms with Crippen LogP contribution in [0.3, 0.4) is 0 Å². The first-order valence-electron chi connectivity index (χ1n) is 13.6. The Morgan fingerprint density at radius 1 is 1.00 bits per heavy atom. The number of hydrogen-bond acceptors (Lipinski definition) is 4. The average molecular weight is 546 g/mol. The van der Waals surface area contributed by atoms with E-state index in [4.69, 9.17) is 4.74 Å². The van der Waals surface area contributed by atoms with Crippen LogP contribution in [0.1, 0.15) is 96.8 Å². The Hall–Kier alpha value is -2.16. The number of benzene rings is 1. The van der Waals surface area contributed by atoms with Crippen LogP contribution in [-0.4, -0.2) is 43.7 Å². The molecule has 2 aromatic rings. The van der Waals surface area contributed by atoms with E-state index in [1.807, 2.05) is 66.7 Å². The molecule has 1 saturated heterocycles. The fraction of sp³-hybridized carbons (Fsp3) is 0.633. The van der Waals surface area contributed by atoms with E-state index in [0.717, 1.165) is 41.9 Å². The van der Waals surface area contributed by atoms with Crippen LogP contribution in [0.4, 0.5) is 0 Å². The van der Waals surface area contributed by atoms with Gasteiger partial charge in [-0.25, -0.2) is 13.1 Å². The van der Waals surface area contributed by atoms with E-state index >= 15 is 0 Å². The summed E-state index contributed by atoms with van der Waals surface area (Å²) in [4.78, 5) is 13.7. The summed E-state index contributed by atoms with van der Waals surface area (Å²) in [6.07, 6.45) is 1.63. The largest absolute Gasteiger partial charge is 0.381 e. The van der Waals surface area contributed by atoms with Crippen molar-refractivity contribution in [1.29, 1.82) is 0 Å². The zero-order valence-corrected chi connectivity index (χ0v) is 25.7. The van der Waals surface area contributed by atoms with Gasteiger partial charge in [0.1, 0.15) is 0 Å². The van der Waals surface area contributed by atoms with E-state index in [0.29, 0.717) is 18.8 Å². The molecule has 38 heavy (non-hydrogen) atoms. The molecule has 0 radical (unpaired) electrons. The molecule has 1 aliphatic heterocycles. The molecule has 0 unspecified atom stereocenters. The molecule has 0 atom stereocenters. The van der Waals surface area contributed by atoms with Crippen LogP contribution in [0.5, 0.6) is 0 Å². The van der Waals surface area contributed by atoms with Gasteiger partial charge in [0.25, 0.3) is 5.91 Å². The fourth-order valence-corrected chi connectivity index (χ4v) is 6.68. The summed E-state index contributed by atoms with van der Waals surface area (Å²) in [5.74, 6) is -0.0760. The van der Waals surface area contributed by atoms with E-state index in [1.165, 1.54) is 0 Å². The maximum atomic E-state index is 13.4. The van der Waals surface area contributed by atoms with E-state index in [2.05, 4.69) is 35.4 Å². The molecular formula is C30H47N3O4S. The summed E-state index contributed by atoms with van der Waals surface area (Å²) in [7, 11) is -3.73. The quantitative estimate of drug-likeness (QED) is 0.481. The zero-order chi connectivity index (χ0) is 28.7. The topological polar surface area (TPSA) is 89.4 Å². The molecule has 2 heterocycles. The van der Waals surface area contributed by atoms with Gasteiger partial charge < -0.3 is 14.6 Å². The molecule has 0 spiro atoms. The molecule has 1 aromatic carbocycles. The van der Waals surface area contributed by atoms with Gasteiger partial charge in [0, 0.05) is 42.7 Å². The first-order valence-corrected chi connectivity index (χ1v) is 15.0. The maximum Gasteiger partial charge on any atom is 0.253 e. The summed E-state index contributed by atoms with van der Waals surface area (Å²) in [6, 6.07) is 7.61. The van der Waals surface area contributed by atoms with Gasteiger partial charge in [0.15, 0.2) is 0 Å². The van der Waals surface area contributed by atoms with E-state index in [-0.39, 0.29) is 22.3 Å². The monoisotopic (exact) mass is 545 g/mol. The summed E-state index contributed by atoms with van der Waals surface area (Å²) in [5.41, 5.74) is 3.05. The van der Waals surface area contributed by atoms with E-state index < -0.39 is 21.0 Å². The third kappa shape index (κ3) is 7.48. The van der Waals surface area contributed by atoms with Crippen LogP contribution in [0.25, 0.3) is 11.3 Å².